The van der Waals surface area contributed by atoms with Gasteiger partial charge in [-0.15, -0.1) is 0 Å². The summed E-state index contributed by atoms with van der Waals surface area (Å²) < 4.78 is 10.9. The van der Waals surface area contributed by atoms with Crippen LogP contribution in [0.4, 0.5) is 0 Å². The summed E-state index contributed by atoms with van der Waals surface area (Å²) in [4.78, 5) is 17.1. The summed E-state index contributed by atoms with van der Waals surface area (Å²) in [7, 11) is 0. The Labute approximate surface area is 160 Å². The second kappa shape index (κ2) is 8.13. The number of morpholine rings is 1. The van der Waals surface area contributed by atoms with Gasteiger partial charge in [0.15, 0.2) is 0 Å². The lowest BCUT2D eigenvalue weighted by atomic mass is 9.96. The van der Waals surface area contributed by atoms with E-state index in [1.807, 2.05) is 6.07 Å². The number of hydrogen-bond acceptors (Lipinski definition) is 5. The third kappa shape index (κ3) is 4.42. The third-order valence-electron chi connectivity index (χ3n) is 6.06. The van der Waals surface area contributed by atoms with Crippen LogP contribution in [-0.4, -0.2) is 55.7 Å². The highest BCUT2D eigenvalue weighted by Gasteiger charge is 2.23. The molecule has 3 heterocycles. The second-order valence-electron chi connectivity index (χ2n) is 8.18. The van der Waals surface area contributed by atoms with Gasteiger partial charge in [0.2, 0.25) is 0 Å². The predicted octanol–water partition coefficient (Wildman–Crippen LogP) is 2.95. The first-order valence-electron chi connectivity index (χ1n) is 10.1. The van der Waals surface area contributed by atoms with Gasteiger partial charge in [0, 0.05) is 44.2 Å². The maximum atomic E-state index is 12.1. The first kappa shape index (κ1) is 18.7. The minimum atomic E-state index is -0.248. The number of likely N-dealkylation sites (tertiary alicyclic amines) is 1. The number of piperidine rings is 1. The van der Waals surface area contributed by atoms with Gasteiger partial charge >= 0.3 is 5.63 Å². The molecule has 27 heavy (non-hydrogen) atoms. The zero-order valence-electron chi connectivity index (χ0n) is 16.5. The van der Waals surface area contributed by atoms with E-state index < -0.39 is 0 Å². The summed E-state index contributed by atoms with van der Waals surface area (Å²) in [5.74, 6) is 0.701. The number of ether oxygens (including phenoxy) is 1. The van der Waals surface area contributed by atoms with Crippen molar-refractivity contribution in [3.05, 3.63) is 45.3 Å². The van der Waals surface area contributed by atoms with Gasteiger partial charge in [-0.1, -0.05) is 0 Å². The van der Waals surface area contributed by atoms with E-state index in [0.717, 1.165) is 69.0 Å². The maximum absolute atomic E-state index is 12.1. The molecule has 0 N–H and O–H groups in total. The lowest BCUT2D eigenvalue weighted by Gasteiger charge is -2.36. The summed E-state index contributed by atoms with van der Waals surface area (Å²) in [6.45, 7) is 12.2. The van der Waals surface area contributed by atoms with E-state index in [0.29, 0.717) is 11.5 Å². The number of rotatable bonds is 4. The van der Waals surface area contributed by atoms with Crippen molar-refractivity contribution in [3.63, 3.8) is 0 Å². The highest BCUT2D eigenvalue weighted by atomic mass is 16.5. The Kier molecular flexibility index (Phi) is 5.62. The van der Waals surface area contributed by atoms with Crippen LogP contribution in [0.3, 0.4) is 0 Å². The maximum Gasteiger partial charge on any atom is 0.336 e. The number of benzene rings is 1. The van der Waals surface area contributed by atoms with Gasteiger partial charge in [0.1, 0.15) is 5.58 Å². The Hall–Kier alpha value is -1.69. The van der Waals surface area contributed by atoms with Crippen molar-refractivity contribution in [1.29, 1.82) is 0 Å². The van der Waals surface area contributed by atoms with Crippen LogP contribution in [0.5, 0.6) is 0 Å². The zero-order chi connectivity index (χ0) is 18.8. The Balaban J connectivity index is 1.49. The molecule has 5 heteroatoms. The summed E-state index contributed by atoms with van der Waals surface area (Å²) in [6.07, 6.45) is 2.52. The fraction of sp³-hybridized carbons (Fsp3) is 0.591. The molecule has 1 aromatic heterocycles. The van der Waals surface area contributed by atoms with Crippen LogP contribution in [0.15, 0.2) is 27.4 Å². The standard InChI is InChI=1S/C22H30N2O3/c1-16-10-20-19(12-22(25)27-21(20)11-17(16)2)15-24-5-3-4-18(14-24)13-23-6-8-26-9-7-23/h10-12,18H,3-9,13-15H2,1-2H3. The molecule has 0 aliphatic carbocycles. The fourth-order valence-electron chi connectivity index (χ4n) is 4.45. The fourth-order valence-corrected chi connectivity index (χ4v) is 4.45. The molecule has 0 saturated carbocycles. The third-order valence-corrected chi connectivity index (χ3v) is 6.06. The normalized spacial score (nSPS) is 22.4. The van der Waals surface area contributed by atoms with Crippen LogP contribution in [-0.2, 0) is 11.3 Å². The van der Waals surface area contributed by atoms with Gasteiger partial charge in [0.25, 0.3) is 0 Å². The van der Waals surface area contributed by atoms with Gasteiger partial charge in [-0.05, 0) is 68.0 Å². The van der Waals surface area contributed by atoms with E-state index in [1.165, 1.54) is 18.4 Å². The molecule has 1 unspecified atom stereocenters. The van der Waals surface area contributed by atoms with Crippen LogP contribution in [0.1, 0.15) is 29.5 Å². The van der Waals surface area contributed by atoms with Crippen molar-refractivity contribution in [3.8, 4) is 0 Å². The van der Waals surface area contributed by atoms with E-state index in [4.69, 9.17) is 9.15 Å². The first-order chi connectivity index (χ1) is 13.1. The summed E-state index contributed by atoms with van der Waals surface area (Å²) in [5.41, 5.74) is 3.95. The minimum Gasteiger partial charge on any atom is -0.423 e. The lowest BCUT2D eigenvalue weighted by Crippen LogP contribution is -2.44. The topological polar surface area (TPSA) is 45.9 Å². The molecule has 0 amide bonds. The van der Waals surface area contributed by atoms with E-state index in [1.54, 1.807) is 6.07 Å². The van der Waals surface area contributed by atoms with Crippen molar-refractivity contribution in [1.82, 2.24) is 9.80 Å². The molecule has 2 fully saturated rings. The van der Waals surface area contributed by atoms with Gasteiger partial charge in [-0.2, -0.15) is 0 Å². The molecule has 146 valence electrons. The molecular formula is C22H30N2O3. The van der Waals surface area contributed by atoms with Crippen LogP contribution in [0, 0.1) is 19.8 Å². The van der Waals surface area contributed by atoms with Crippen molar-refractivity contribution in [2.24, 2.45) is 5.92 Å². The van der Waals surface area contributed by atoms with Gasteiger partial charge in [-0.3, -0.25) is 9.80 Å². The van der Waals surface area contributed by atoms with E-state index in [-0.39, 0.29) is 5.63 Å². The first-order valence-corrected chi connectivity index (χ1v) is 10.1. The molecule has 5 nitrogen and oxygen atoms in total. The highest BCUT2D eigenvalue weighted by molar-refractivity contribution is 5.81. The Morgan fingerprint density at radius 1 is 1.04 bits per heavy atom. The quantitative estimate of drug-likeness (QED) is 0.775. The van der Waals surface area contributed by atoms with E-state index in [2.05, 4.69) is 29.7 Å². The molecule has 2 saturated heterocycles. The van der Waals surface area contributed by atoms with E-state index >= 15 is 0 Å². The monoisotopic (exact) mass is 370 g/mol. The Morgan fingerprint density at radius 2 is 1.81 bits per heavy atom. The van der Waals surface area contributed by atoms with Crippen LogP contribution >= 0.6 is 0 Å². The smallest absolute Gasteiger partial charge is 0.336 e. The number of fused-ring (bicyclic) bond motifs is 1. The van der Waals surface area contributed by atoms with Gasteiger partial charge in [0.05, 0.1) is 13.2 Å². The SMILES string of the molecule is Cc1cc2oc(=O)cc(CN3CCCC(CN4CCOCC4)C3)c2cc1C. The molecule has 0 radical (unpaired) electrons. The Bertz CT molecular complexity index is 854. The zero-order valence-corrected chi connectivity index (χ0v) is 16.5. The molecule has 0 bridgehead atoms. The molecule has 4 rings (SSSR count). The second-order valence-corrected chi connectivity index (χ2v) is 8.18. The van der Waals surface area contributed by atoms with Crippen LogP contribution < -0.4 is 5.63 Å². The molecule has 1 atom stereocenters. The number of hydrogen-bond donors (Lipinski definition) is 0. The van der Waals surface area contributed by atoms with Gasteiger partial charge in [-0.25, -0.2) is 4.79 Å². The lowest BCUT2D eigenvalue weighted by molar-refractivity contribution is 0.0224. The van der Waals surface area contributed by atoms with Crippen molar-refractivity contribution in [2.45, 2.75) is 33.2 Å². The summed E-state index contributed by atoms with van der Waals surface area (Å²) in [6, 6.07) is 5.84. The van der Waals surface area contributed by atoms with Crippen molar-refractivity contribution < 1.29 is 9.15 Å². The average molecular weight is 370 g/mol. The molecule has 2 aliphatic rings. The largest absolute Gasteiger partial charge is 0.423 e. The molecule has 2 aliphatic heterocycles. The molecule has 0 spiro atoms. The molecule has 1 aromatic carbocycles. The Morgan fingerprint density at radius 3 is 2.63 bits per heavy atom. The van der Waals surface area contributed by atoms with Gasteiger partial charge < -0.3 is 9.15 Å². The summed E-state index contributed by atoms with van der Waals surface area (Å²) >= 11 is 0. The van der Waals surface area contributed by atoms with Crippen molar-refractivity contribution in [2.75, 3.05) is 45.9 Å². The molecular weight excluding hydrogens is 340 g/mol. The predicted molar refractivity (Wildman–Crippen MR) is 107 cm³/mol. The summed E-state index contributed by atoms with van der Waals surface area (Å²) in [5, 5.41) is 1.08. The number of nitrogens with zero attached hydrogens (tertiary/aromatic N) is 2. The highest BCUT2D eigenvalue weighted by Crippen LogP contribution is 2.25. The van der Waals surface area contributed by atoms with Crippen LogP contribution in [0.2, 0.25) is 0 Å². The molecule has 2 aromatic rings. The van der Waals surface area contributed by atoms with Crippen molar-refractivity contribution >= 4 is 11.0 Å². The average Bonchev–Trinajstić information content (AvgIpc) is 2.64. The van der Waals surface area contributed by atoms with E-state index in [9.17, 15) is 4.79 Å². The van der Waals surface area contributed by atoms with Crippen LogP contribution in [0.25, 0.3) is 11.0 Å². The number of aryl methyl sites for hydroxylation is 2. The minimum absolute atomic E-state index is 0.248.